The van der Waals surface area contributed by atoms with Gasteiger partial charge >= 0.3 is 0 Å². The first-order chi connectivity index (χ1) is 28.2. The Hall–Kier alpha value is -6.87. The molecule has 0 aromatic heterocycles. The summed E-state index contributed by atoms with van der Waals surface area (Å²) in [5.74, 6) is 0. The molecule has 2 nitrogen and oxygen atoms in total. The highest BCUT2D eigenvalue weighted by Crippen LogP contribution is 2.44. The van der Waals surface area contributed by atoms with E-state index < -0.39 is 0 Å². The number of rotatable bonds is 10. The van der Waals surface area contributed by atoms with Crippen molar-refractivity contribution in [2.45, 2.75) is 12.8 Å². The van der Waals surface area contributed by atoms with E-state index in [9.17, 15) is 0 Å². The Morgan fingerprint density at radius 3 is 1.09 bits per heavy atom. The summed E-state index contributed by atoms with van der Waals surface area (Å²) in [5.41, 5.74) is 15.6. The highest BCUT2D eigenvalue weighted by molar-refractivity contribution is 6.34. The van der Waals surface area contributed by atoms with Gasteiger partial charge in [-0.05, 0) is 124 Å². The standard InChI is InChI=1S/C54H41ClN2/c55-53-39-52(56(48-29-21-44(22-30-48)40-13-5-1-6-14-40)49-31-23-45(24-32-49)41-15-7-2-8-16-41)37-38-54(53)57(50-33-25-46(26-34-50)42-17-9-3-10-18-42)51-35-27-47(28-36-51)43-19-11-4-12-20-43/h1,3-7,9-39H,2,8H2. The van der Waals surface area contributed by atoms with E-state index in [1.165, 1.54) is 33.4 Å². The van der Waals surface area contributed by atoms with Crippen molar-refractivity contribution in [2.75, 3.05) is 9.80 Å². The Labute approximate surface area is 340 Å². The van der Waals surface area contributed by atoms with E-state index in [1.54, 1.807) is 0 Å². The molecule has 0 aliphatic heterocycles. The van der Waals surface area contributed by atoms with E-state index in [-0.39, 0.29) is 0 Å². The lowest BCUT2D eigenvalue weighted by molar-refractivity contribution is 1.04. The van der Waals surface area contributed by atoms with Crippen molar-refractivity contribution in [1.82, 2.24) is 0 Å². The van der Waals surface area contributed by atoms with Crippen LogP contribution >= 0.6 is 11.6 Å². The van der Waals surface area contributed by atoms with Gasteiger partial charge < -0.3 is 9.80 Å². The summed E-state index contributed by atoms with van der Waals surface area (Å²) in [5, 5.41) is 0.645. The molecule has 8 aromatic rings. The van der Waals surface area contributed by atoms with Gasteiger partial charge in [0, 0.05) is 28.4 Å². The van der Waals surface area contributed by atoms with Crippen molar-refractivity contribution in [1.29, 1.82) is 0 Å². The smallest absolute Gasteiger partial charge is 0.0667 e. The van der Waals surface area contributed by atoms with Gasteiger partial charge in [-0.15, -0.1) is 0 Å². The molecule has 57 heavy (non-hydrogen) atoms. The van der Waals surface area contributed by atoms with Crippen LogP contribution in [0.25, 0.3) is 39.0 Å². The maximum Gasteiger partial charge on any atom is 0.0667 e. The second-order valence-electron chi connectivity index (χ2n) is 14.2. The predicted octanol–water partition coefficient (Wildman–Crippen LogP) is 16.0. The molecule has 0 heterocycles. The van der Waals surface area contributed by atoms with Crippen LogP contribution in [0, 0.1) is 0 Å². The molecule has 0 unspecified atom stereocenters. The predicted molar refractivity (Wildman–Crippen MR) is 243 cm³/mol. The minimum absolute atomic E-state index is 0.645. The summed E-state index contributed by atoms with van der Waals surface area (Å²) in [6.45, 7) is 0. The molecule has 9 rings (SSSR count). The van der Waals surface area contributed by atoms with Crippen molar-refractivity contribution in [2.24, 2.45) is 0 Å². The molecule has 0 bridgehead atoms. The first-order valence-electron chi connectivity index (χ1n) is 19.5. The number of benzene rings is 8. The van der Waals surface area contributed by atoms with Gasteiger partial charge in [-0.3, -0.25) is 0 Å². The molecule has 3 heteroatoms. The number of anilines is 6. The number of nitrogens with zero attached hydrogens (tertiary/aromatic N) is 2. The lowest BCUT2D eigenvalue weighted by Gasteiger charge is -2.29. The zero-order valence-corrected chi connectivity index (χ0v) is 32.3. The second-order valence-corrected chi connectivity index (χ2v) is 14.6. The molecule has 0 atom stereocenters. The molecule has 0 amide bonds. The average Bonchev–Trinajstić information content (AvgIpc) is 3.29. The van der Waals surface area contributed by atoms with Crippen LogP contribution in [0.1, 0.15) is 18.4 Å². The first kappa shape index (κ1) is 35.8. The maximum absolute atomic E-state index is 7.45. The SMILES string of the molecule is Clc1cc(N(c2ccc(C3=CCCC=C3)cc2)c2ccc(-c3ccccc3)cc2)ccc1N(c1ccc(-c2ccccc2)cc1)c1ccc(-c2ccccc2)cc1. The second kappa shape index (κ2) is 16.5. The van der Waals surface area contributed by atoms with E-state index in [0.29, 0.717) is 5.02 Å². The zero-order valence-electron chi connectivity index (χ0n) is 31.5. The third-order valence-electron chi connectivity index (χ3n) is 10.6. The Kier molecular flexibility index (Phi) is 10.3. The Bertz CT molecular complexity index is 2550. The third-order valence-corrected chi connectivity index (χ3v) is 10.9. The molecular formula is C54H41ClN2. The lowest BCUT2D eigenvalue weighted by Crippen LogP contribution is -2.13. The molecule has 8 aromatic carbocycles. The van der Waals surface area contributed by atoms with Crippen molar-refractivity contribution in [3.63, 3.8) is 0 Å². The Morgan fingerprint density at radius 1 is 0.333 bits per heavy atom. The number of hydrogen-bond acceptors (Lipinski definition) is 2. The van der Waals surface area contributed by atoms with Crippen molar-refractivity contribution >= 4 is 51.3 Å². The summed E-state index contributed by atoms with van der Waals surface area (Å²) in [4.78, 5) is 4.53. The quantitative estimate of drug-likeness (QED) is 0.137. The van der Waals surface area contributed by atoms with Crippen LogP contribution in [0.3, 0.4) is 0 Å². The van der Waals surface area contributed by atoms with E-state index in [4.69, 9.17) is 11.6 Å². The minimum atomic E-state index is 0.645. The molecule has 274 valence electrons. The van der Waals surface area contributed by atoms with E-state index in [1.807, 2.05) is 12.1 Å². The average molecular weight is 753 g/mol. The Morgan fingerprint density at radius 2 is 0.702 bits per heavy atom. The molecule has 0 radical (unpaired) electrons. The highest BCUT2D eigenvalue weighted by Gasteiger charge is 2.20. The fourth-order valence-corrected chi connectivity index (χ4v) is 7.88. The molecule has 0 spiro atoms. The van der Waals surface area contributed by atoms with Crippen LogP contribution in [0.5, 0.6) is 0 Å². The molecule has 0 fully saturated rings. The summed E-state index contributed by atoms with van der Waals surface area (Å²) in [7, 11) is 0. The fraction of sp³-hybridized carbons (Fsp3) is 0.0370. The van der Waals surface area contributed by atoms with Gasteiger partial charge in [0.15, 0.2) is 0 Å². The summed E-state index contributed by atoms with van der Waals surface area (Å²) < 4.78 is 0. The van der Waals surface area contributed by atoms with Crippen molar-refractivity contribution < 1.29 is 0 Å². The van der Waals surface area contributed by atoms with Crippen molar-refractivity contribution in [3.8, 4) is 33.4 Å². The topological polar surface area (TPSA) is 6.48 Å². The molecule has 1 aliphatic carbocycles. The van der Waals surface area contributed by atoms with Crippen LogP contribution in [0.2, 0.25) is 5.02 Å². The largest absolute Gasteiger partial charge is 0.310 e. The van der Waals surface area contributed by atoms with Gasteiger partial charge in [0.25, 0.3) is 0 Å². The van der Waals surface area contributed by atoms with Crippen LogP contribution in [-0.4, -0.2) is 0 Å². The van der Waals surface area contributed by atoms with Crippen LogP contribution in [0.4, 0.5) is 34.1 Å². The monoisotopic (exact) mass is 752 g/mol. The molecule has 0 N–H and O–H groups in total. The first-order valence-corrected chi connectivity index (χ1v) is 19.9. The van der Waals surface area contributed by atoms with Gasteiger partial charge in [-0.1, -0.05) is 169 Å². The fourth-order valence-electron chi connectivity index (χ4n) is 7.62. The summed E-state index contributed by atoms with van der Waals surface area (Å²) >= 11 is 7.45. The highest BCUT2D eigenvalue weighted by atomic mass is 35.5. The van der Waals surface area contributed by atoms with E-state index in [2.05, 4.69) is 222 Å². The molecule has 0 saturated heterocycles. The summed E-state index contributed by atoms with van der Waals surface area (Å²) in [6.07, 6.45) is 8.98. The van der Waals surface area contributed by atoms with Crippen LogP contribution in [-0.2, 0) is 0 Å². The minimum Gasteiger partial charge on any atom is -0.310 e. The van der Waals surface area contributed by atoms with Crippen LogP contribution in [0.15, 0.2) is 224 Å². The number of halogens is 1. The molecular weight excluding hydrogens is 712 g/mol. The molecule has 0 saturated carbocycles. The van der Waals surface area contributed by atoms with Gasteiger partial charge in [-0.2, -0.15) is 0 Å². The van der Waals surface area contributed by atoms with E-state index >= 15 is 0 Å². The van der Waals surface area contributed by atoms with Gasteiger partial charge in [0.2, 0.25) is 0 Å². The lowest BCUT2D eigenvalue weighted by atomic mass is 9.99. The third kappa shape index (κ3) is 7.82. The zero-order chi connectivity index (χ0) is 38.4. The van der Waals surface area contributed by atoms with Gasteiger partial charge in [0.05, 0.1) is 10.7 Å². The number of allylic oxidation sites excluding steroid dienone is 4. The van der Waals surface area contributed by atoms with Crippen molar-refractivity contribution in [3.05, 3.63) is 235 Å². The maximum atomic E-state index is 7.45. The normalized spacial score (nSPS) is 12.2. The summed E-state index contributed by atoms with van der Waals surface area (Å²) in [6, 6.07) is 73.0. The Balaban J connectivity index is 1.12. The van der Waals surface area contributed by atoms with E-state index in [0.717, 1.165) is 58.1 Å². The molecule has 1 aliphatic rings. The van der Waals surface area contributed by atoms with Gasteiger partial charge in [0.1, 0.15) is 0 Å². The number of hydrogen-bond donors (Lipinski definition) is 0. The van der Waals surface area contributed by atoms with Crippen LogP contribution < -0.4 is 9.80 Å². The van der Waals surface area contributed by atoms with Gasteiger partial charge in [-0.25, -0.2) is 0 Å².